The third kappa shape index (κ3) is 2.68. The highest BCUT2D eigenvalue weighted by Gasteiger charge is 2.42. The molecule has 114 valence electrons. The lowest BCUT2D eigenvalue weighted by molar-refractivity contribution is 0.0742. The summed E-state index contributed by atoms with van der Waals surface area (Å²) in [5, 5.41) is 3.46. The van der Waals surface area contributed by atoms with Gasteiger partial charge in [-0.1, -0.05) is 12.2 Å². The maximum atomic E-state index is 12.2. The zero-order valence-corrected chi connectivity index (χ0v) is 13.0. The number of hydrogen-bond donors (Lipinski definition) is 1. The maximum Gasteiger partial charge on any atom is 0.154 e. The van der Waals surface area contributed by atoms with Crippen molar-refractivity contribution in [1.29, 1.82) is 0 Å². The minimum absolute atomic E-state index is 0.561. The highest BCUT2D eigenvalue weighted by Crippen LogP contribution is 2.43. The van der Waals surface area contributed by atoms with Gasteiger partial charge in [-0.25, -0.2) is 8.42 Å². The Labute approximate surface area is 121 Å². The minimum Gasteiger partial charge on any atom is -0.381 e. The first-order chi connectivity index (χ1) is 9.50. The van der Waals surface area contributed by atoms with E-state index in [0.717, 1.165) is 18.4 Å². The Hall–Kier alpha value is -0.390. The van der Waals surface area contributed by atoms with E-state index in [0.29, 0.717) is 38.5 Å². The largest absolute Gasteiger partial charge is 0.381 e. The molecule has 1 aliphatic heterocycles. The Morgan fingerprint density at radius 3 is 2.55 bits per heavy atom. The fourth-order valence-electron chi connectivity index (χ4n) is 4.04. The van der Waals surface area contributed by atoms with Gasteiger partial charge in [0.1, 0.15) is 0 Å². The molecule has 0 spiro atoms. The van der Waals surface area contributed by atoms with Crippen molar-refractivity contribution in [3.05, 3.63) is 12.2 Å². The summed E-state index contributed by atoms with van der Waals surface area (Å²) in [6.07, 6.45) is 9.88. The Balaban J connectivity index is 1.56. The molecular weight excluding hydrogens is 274 g/mol. The molecule has 1 N–H and O–H groups in total. The van der Waals surface area contributed by atoms with Crippen LogP contribution in [0.1, 0.15) is 25.7 Å². The molecule has 2 aliphatic carbocycles. The molecule has 3 aliphatic rings. The first-order valence-electron chi connectivity index (χ1n) is 7.67. The van der Waals surface area contributed by atoms with Crippen LogP contribution in [0.4, 0.5) is 0 Å². The summed E-state index contributed by atoms with van der Waals surface area (Å²) in [4.78, 5) is 0. The average Bonchev–Trinajstić information content (AvgIpc) is 3.01. The zero-order valence-electron chi connectivity index (χ0n) is 12.2. The summed E-state index contributed by atoms with van der Waals surface area (Å²) in [5.41, 5.74) is 0. The second-order valence-electron chi connectivity index (χ2n) is 6.74. The number of nitrogens with one attached hydrogen (secondary N) is 1. The van der Waals surface area contributed by atoms with Crippen molar-refractivity contribution in [3.63, 3.8) is 0 Å². The van der Waals surface area contributed by atoms with E-state index < -0.39 is 14.6 Å². The molecule has 0 amide bonds. The Morgan fingerprint density at radius 2 is 2.00 bits per heavy atom. The topological polar surface area (TPSA) is 55.4 Å². The highest BCUT2D eigenvalue weighted by atomic mass is 32.2. The molecule has 3 unspecified atom stereocenters. The Bertz CT molecular complexity index is 479. The molecule has 0 aromatic heterocycles. The highest BCUT2D eigenvalue weighted by molar-refractivity contribution is 7.92. The van der Waals surface area contributed by atoms with Gasteiger partial charge in [-0.2, -0.15) is 0 Å². The van der Waals surface area contributed by atoms with Crippen LogP contribution < -0.4 is 5.32 Å². The van der Waals surface area contributed by atoms with Crippen molar-refractivity contribution in [1.82, 2.24) is 5.32 Å². The van der Waals surface area contributed by atoms with E-state index >= 15 is 0 Å². The summed E-state index contributed by atoms with van der Waals surface area (Å²) in [6.45, 7) is 2.65. The van der Waals surface area contributed by atoms with Gasteiger partial charge in [0.25, 0.3) is 0 Å². The van der Waals surface area contributed by atoms with Crippen molar-refractivity contribution in [2.75, 3.05) is 32.6 Å². The molecule has 1 heterocycles. The third-order valence-corrected chi connectivity index (χ3v) is 7.59. The van der Waals surface area contributed by atoms with E-state index in [1.807, 2.05) is 0 Å². The fraction of sp³-hybridized carbons (Fsp3) is 0.867. The molecule has 1 saturated carbocycles. The second kappa shape index (κ2) is 5.43. The first-order valence-corrected chi connectivity index (χ1v) is 9.56. The lowest BCUT2D eigenvalue weighted by Gasteiger charge is -2.36. The van der Waals surface area contributed by atoms with E-state index in [1.165, 1.54) is 19.1 Å². The van der Waals surface area contributed by atoms with Crippen LogP contribution in [0, 0.1) is 17.8 Å². The van der Waals surface area contributed by atoms with Crippen LogP contribution in [0.5, 0.6) is 0 Å². The molecule has 3 rings (SSSR count). The zero-order chi connectivity index (χ0) is 14.2. The van der Waals surface area contributed by atoms with Gasteiger partial charge in [-0.05, 0) is 50.0 Å². The van der Waals surface area contributed by atoms with Crippen LogP contribution in [0.2, 0.25) is 0 Å². The Kier molecular flexibility index (Phi) is 3.95. The summed E-state index contributed by atoms with van der Waals surface area (Å²) < 4.78 is 29.0. The van der Waals surface area contributed by atoms with Gasteiger partial charge in [-0.3, -0.25) is 0 Å². The van der Waals surface area contributed by atoms with E-state index in [4.69, 9.17) is 4.74 Å². The normalized spacial score (nSPS) is 35.5. The van der Waals surface area contributed by atoms with Crippen LogP contribution in [-0.4, -0.2) is 45.7 Å². The van der Waals surface area contributed by atoms with Crippen molar-refractivity contribution in [2.24, 2.45) is 17.8 Å². The molecule has 5 heteroatoms. The number of sulfone groups is 1. The predicted molar refractivity (Wildman–Crippen MR) is 79.3 cm³/mol. The smallest absolute Gasteiger partial charge is 0.154 e. The van der Waals surface area contributed by atoms with Gasteiger partial charge in [0.2, 0.25) is 0 Å². The summed E-state index contributed by atoms with van der Waals surface area (Å²) in [7, 11) is -3.05. The number of rotatable bonds is 5. The molecular formula is C15H25NO3S. The number of allylic oxidation sites excluding steroid dienone is 2. The van der Waals surface area contributed by atoms with Crippen molar-refractivity contribution >= 4 is 9.84 Å². The minimum atomic E-state index is -3.05. The van der Waals surface area contributed by atoms with Gasteiger partial charge >= 0.3 is 0 Å². The summed E-state index contributed by atoms with van der Waals surface area (Å²) >= 11 is 0. The van der Waals surface area contributed by atoms with Crippen molar-refractivity contribution < 1.29 is 13.2 Å². The molecule has 3 atom stereocenters. The molecule has 20 heavy (non-hydrogen) atoms. The van der Waals surface area contributed by atoms with Crippen LogP contribution in [0.3, 0.4) is 0 Å². The molecule has 0 aromatic carbocycles. The van der Waals surface area contributed by atoms with Gasteiger partial charge in [0.05, 0.1) is 4.75 Å². The van der Waals surface area contributed by atoms with Gasteiger partial charge in [-0.15, -0.1) is 0 Å². The maximum absolute atomic E-state index is 12.2. The second-order valence-corrected chi connectivity index (χ2v) is 9.15. The molecule has 2 bridgehead atoms. The van der Waals surface area contributed by atoms with Crippen LogP contribution in [0.15, 0.2) is 12.2 Å². The van der Waals surface area contributed by atoms with E-state index in [9.17, 15) is 8.42 Å². The van der Waals surface area contributed by atoms with E-state index in [2.05, 4.69) is 17.5 Å². The van der Waals surface area contributed by atoms with Gasteiger partial charge in [0.15, 0.2) is 9.84 Å². The quantitative estimate of drug-likeness (QED) is 0.779. The first kappa shape index (κ1) is 14.5. The van der Waals surface area contributed by atoms with E-state index in [-0.39, 0.29) is 0 Å². The average molecular weight is 299 g/mol. The monoisotopic (exact) mass is 299 g/mol. The van der Waals surface area contributed by atoms with E-state index in [1.54, 1.807) is 0 Å². The van der Waals surface area contributed by atoms with Crippen molar-refractivity contribution in [2.45, 2.75) is 30.4 Å². The molecule has 0 radical (unpaired) electrons. The van der Waals surface area contributed by atoms with Crippen LogP contribution in [0.25, 0.3) is 0 Å². The molecule has 0 aromatic rings. The summed E-state index contributed by atoms with van der Waals surface area (Å²) in [5.74, 6) is 2.19. The van der Waals surface area contributed by atoms with Crippen LogP contribution >= 0.6 is 0 Å². The summed E-state index contributed by atoms with van der Waals surface area (Å²) in [6, 6.07) is 0. The molecule has 2 fully saturated rings. The lowest BCUT2D eigenvalue weighted by atomic mass is 9.93. The molecule has 1 saturated heterocycles. The Morgan fingerprint density at radius 1 is 1.25 bits per heavy atom. The number of hydrogen-bond acceptors (Lipinski definition) is 4. The van der Waals surface area contributed by atoms with Gasteiger partial charge < -0.3 is 10.1 Å². The van der Waals surface area contributed by atoms with Crippen LogP contribution in [-0.2, 0) is 14.6 Å². The standard InChI is InChI=1S/C15H25NO3S/c1-20(17,18)15(4-6-19-7-5-15)11-16-10-14-9-12-2-3-13(14)8-12/h2-3,12-14,16H,4-11H2,1H3. The number of fused-ring (bicyclic) bond motifs is 2. The molecule has 4 nitrogen and oxygen atoms in total. The van der Waals surface area contributed by atoms with Gasteiger partial charge in [0, 0.05) is 26.0 Å². The lowest BCUT2D eigenvalue weighted by Crippen LogP contribution is -2.51. The SMILES string of the molecule is CS(=O)(=O)C1(CNCC2CC3C=CC2C3)CCOCC1. The number of ether oxygens (including phenoxy) is 1. The van der Waals surface area contributed by atoms with Crippen molar-refractivity contribution in [3.8, 4) is 0 Å². The fourth-order valence-corrected chi connectivity index (χ4v) is 5.31. The third-order valence-electron chi connectivity index (χ3n) is 5.46. The predicted octanol–water partition coefficient (Wildman–Crippen LogP) is 1.38.